The zero-order valence-corrected chi connectivity index (χ0v) is 15.0. The molecule has 1 amide bonds. The number of carbonyl (C=O) groups excluding carboxylic acids is 2. The van der Waals surface area contributed by atoms with Gasteiger partial charge in [-0.05, 0) is 63.7 Å². The predicted molar refractivity (Wildman–Crippen MR) is 84.5 cm³/mol. The zero-order valence-electron chi connectivity index (χ0n) is 15.0. The highest BCUT2D eigenvalue weighted by molar-refractivity contribution is 5.77. The number of hydrogen-bond donors (Lipinski definition) is 0. The van der Waals surface area contributed by atoms with Crippen LogP contribution in [0.15, 0.2) is 0 Å². The van der Waals surface area contributed by atoms with Gasteiger partial charge in [0.1, 0.15) is 12.5 Å². The quantitative estimate of drug-likeness (QED) is 0.707. The molecule has 0 aromatic rings. The molecule has 7 heteroatoms. The third-order valence-electron chi connectivity index (χ3n) is 5.79. The van der Waals surface area contributed by atoms with E-state index in [1.54, 1.807) is 0 Å². The van der Waals surface area contributed by atoms with Crippen LogP contribution in [0.1, 0.15) is 52.9 Å². The number of halogens is 3. The van der Waals surface area contributed by atoms with E-state index in [9.17, 15) is 22.8 Å². The van der Waals surface area contributed by atoms with Gasteiger partial charge in [0, 0.05) is 13.1 Å². The Labute approximate surface area is 146 Å². The Kier molecular flexibility index (Phi) is 4.35. The van der Waals surface area contributed by atoms with E-state index < -0.39 is 23.9 Å². The third kappa shape index (κ3) is 3.95. The van der Waals surface area contributed by atoms with Crippen LogP contribution in [0.3, 0.4) is 0 Å². The van der Waals surface area contributed by atoms with Gasteiger partial charge in [-0.1, -0.05) is 0 Å². The Morgan fingerprint density at radius 1 is 1.16 bits per heavy atom. The van der Waals surface area contributed by atoms with Crippen LogP contribution in [0.4, 0.5) is 13.2 Å². The largest absolute Gasteiger partial charge is 0.462 e. The average molecular weight is 361 g/mol. The Bertz CT molecular complexity index is 569. The lowest BCUT2D eigenvalue weighted by atomic mass is 9.68. The number of likely N-dealkylation sites (tertiary alicyclic amines) is 1. The van der Waals surface area contributed by atoms with Crippen LogP contribution in [-0.2, 0) is 14.3 Å². The van der Waals surface area contributed by atoms with Crippen molar-refractivity contribution in [2.45, 2.75) is 65.2 Å². The van der Waals surface area contributed by atoms with E-state index in [4.69, 9.17) is 4.74 Å². The maximum Gasteiger partial charge on any atom is 0.397 e. The highest BCUT2D eigenvalue weighted by Gasteiger charge is 2.56. The van der Waals surface area contributed by atoms with Gasteiger partial charge in [-0.15, -0.1) is 0 Å². The van der Waals surface area contributed by atoms with Crippen molar-refractivity contribution in [1.82, 2.24) is 4.90 Å². The lowest BCUT2D eigenvalue weighted by molar-refractivity contribution is -0.165. The third-order valence-corrected chi connectivity index (χ3v) is 5.79. The molecule has 3 bridgehead atoms. The molecule has 1 saturated heterocycles. The SMILES string of the molecule is CC(C)(C)C(=O)O[C@@H]1CC23CC(C[C@@H]1C2)CN(C(=O)CC(F)(F)F)C3. The Balaban J connectivity index is 1.69. The molecule has 142 valence electrons. The molecule has 25 heavy (non-hydrogen) atoms. The van der Waals surface area contributed by atoms with Crippen molar-refractivity contribution >= 4 is 11.9 Å². The first-order valence-electron chi connectivity index (χ1n) is 8.93. The second-order valence-corrected chi connectivity index (χ2v) is 9.23. The molecule has 0 radical (unpaired) electrons. The number of piperidine rings is 1. The van der Waals surface area contributed by atoms with Crippen LogP contribution in [-0.4, -0.2) is 42.1 Å². The van der Waals surface area contributed by atoms with Crippen molar-refractivity contribution < 1.29 is 27.5 Å². The summed E-state index contributed by atoms with van der Waals surface area (Å²) in [5.41, 5.74) is -0.756. The summed E-state index contributed by atoms with van der Waals surface area (Å²) in [5, 5.41) is 0. The van der Waals surface area contributed by atoms with E-state index in [1.165, 1.54) is 4.90 Å². The number of hydrogen-bond acceptors (Lipinski definition) is 3. The molecule has 1 aliphatic heterocycles. The molecular formula is C18H26F3NO3. The number of rotatable bonds is 2. The molecule has 0 aromatic carbocycles. The van der Waals surface area contributed by atoms with Crippen LogP contribution in [0, 0.1) is 22.7 Å². The van der Waals surface area contributed by atoms with Gasteiger partial charge in [-0.25, -0.2) is 0 Å². The van der Waals surface area contributed by atoms with Gasteiger partial charge in [0.15, 0.2) is 0 Å². The summed E-state index contributed by atoms with van der Waals surface area (Å²) in [4.78, 5) is 25.6. The van der Waals surface area contributed by atoms with Crippen LogP contribution < -0.4 is 0 Å². The van der Waals surface area contributed by atoms with E-state index in [2.05, 4.69) is 0 Å². The Hall–Kier alpha value is -1.27. The van der Waals surface area contributed by atoms with Crippen molar-refractivity contribution in [2.75, 3.05) is 13.1 Å². The Morgan fingerprint density at radius 2 is 1.84 bits per heavy atom. The van der Waals surface area contributed by atoms with Crippen LogP contribution in [0.25, 0.3) is 0 Å². The van der Waals surface area contributed by atoms with E-state index in [1.807, 2.05) is 20.8 Å². The van der Waals surface area contributed by atoms with Crippen molar-refractivity contribution in [3.05, 3.63) is 0 Å². The number of alkyl halides is 3. The van der Waals surface area contributed by atoms with Gasteiger partial charge >= 0.3 is 12.1 Å². The number of ether oxygens (including phenoxy) is 1. The van der Waals surface area contributed by atoms with E-state index in [0.29, 0.717) is 19.5 Å². The van der Waals surface area contributed by atoms with Gasteiger partial charge in [0.05, 0.1) is 5.41 Å². The molecule has 2 aliphatic carbocycles. The lowest BCUT2D eigenvalue weighted by Crippen LogP contribution is -2.51. The fourth-order valence-electron chi connectivity index (χ4n) is 4.93. The molecule has 1 heterocycles. The zero-order chi connectivity index (χ0) is 18.6. The fraction of sp³-hybridized carbons (Fsp3) is 0.889. The molecule has 2 saturated carbocycles. The highest BCUT2D eigenvalue weighted by Crippen LogP contribution is 2.57. The van der Waals surface area contributed by atoms with E-state index >= 15 is 0 Å². The summed E-state index contributed by atoms with van der Waals surface area (Å²) in [5.74, 6) is -0.584. The van der Waals surface area contributed by atoms with Crippen molar-refractivity contribution in [3.8, 4) is 0 Å². The summed E-state index contributed by atoms with van der Waals surface area (Å²) in [6.07, 6.45) is -2.80. The maximum absolute atomic E-state index is 12.5. The normalized spacial score (nSPS) is 34.8. The predicted octanol–water partition coefficient (Wildman–Crippen LogP) is 3.55. The summed E-state index contributed by atoms with van der Waals surface area (Å²) < 4.78 is 43.4. The molecule has 3 rings (SSSR count). The van der Waals surface area contributed by atoms with Crippen molar-refractivity contribution in [1.29, 1.82) is 0 Å². The number of nitrogens with zero attached hydrogens (tertiary/aromatic N) is 1. The standard InChI is InChI=1S/C18H26F3NO3/c1-16(2,3)15(24)25-13-7-17-5-11(4-12(13)6-17)9-22(10-17)14(23)8-18(19,20)21/h11-13H,4-10H2,1-3H3/t11?,12-,13-,17?/m1/s1. The van der Waals surface area contributed by atoms with Gasteiger partial charge in [-0.2, -0.15) is 13.2 Å². The molecule has 4 nitrogen and oxygen atoms in total. The summed E-state index contributed by atoms with van der Waals surface area (Å²) in [7, 11) is 0. The second-order valence-electron chi connectivity index (χ2n) is 9.23. The van der Waals surface area contributed by atoms with Gasteiger partial charge in [0.25, 0.3) is 0 Å². The number of esters is 1. The van der Waals surface area contributed by atoms with E-state index in [0.717, 1.165) is 19.3 Å². The van der Waals surface area contributed by atoms with E-state index in [-0.39, 0.29) is 29.3 Å². The minimum Gasteiger partial charge on any atom is -0.462 e. The maximum atomic E-state index is 12.5. The smallest absolute Gasteiger partial charge is 0.397 e. The number of amides is 1. The summed E-state index contributed by atoms with van der Waals surface area (Å²) >= 11 is 0. The first-order chi connectivity index (χ1) is 11.4. The lowest BCUT2D eigenvalue weighted by Gasteiger charge is -2.47. The first-order valence-corrected chi connectivity index (χ1v) is 8.93. The van der Waals surface area contributed by atoms with Crippen LogP contribution in [0.5, 0.6) is 0 Å². The van der Waals surface area contributed by atoms with Gasteiger partial charge in [-0.3, -0.25) is 9.59 Å². The molecule has 0 N–H and O–H groups in total. The Morgan fingerprint density at radius 3 is 2.44 bits per heavy atom. The highest BCUT2D eigenvalue weighted by atomic mass is 19.4. The molecule has 3 aliphatic rings. The molecule has 3 fully saturated rings. The van der Waals surface area contributed by atoms with Gasteiger partial charge in [0.2, 0.25) is 5.91 Å². The molecule has 4 atom stereocenters. The summed E-state index contributed by atoms with van der Waals surface area (Å²) in [6.45, 7) is 6.19. The fourth-order valence-corrected chi connectivity index (χ4v) is 4.93. The topological polar surface area (TPSA) is 46.6 Å². The number of carbonyl (C=O) groups is 2. The average Bonchev–Trinajstić information content (AvgIpc) is 2.67. The second kappa shape index (κ2) is 5.88. The van der Waals surface area contributed by atoms with Crippen molar-refractivity contribution in [3.63, 3.8) is 0 Å². The van der Waals surface area contributed by atoms with Crippen LogP contribution in [0.2, 0.25) is 0 Å². The summed E-state index contributed by atoms with van der Waals surface area (Å²) in [6, 6.07) is 0. The molecule has 1 spiro atoms. The number of fused-ring (bicyclic) bond motifs is 2. The molecular weight excluding hydrogens is 335 g/mol. The van der Waals surface area contributed by atoms with Crippen molar-refractivity contribution in [2.24, 2.45) is 22.7 Å². The minimum atomic E-state index is -4.47. The van der Waals surface area contributed by atoms with Gasteiger partial charge < -0.3 is 9.64 Å². The minimum absolute atomic E-state index is 0.172. The monoisotopic (exact) mass is 361 g/mol. The van der Waals surface area contributed by atoms with Crippen LogP contribution >= 0.6 is 0 Å². The molecule has 0 aromatic heterocycles. The first kappa shape index (κ1) is 18.5. The molecule has 2 unspecified atom stereocenters.